The van der Waals surface area contributed by atoms with Gasteiger partial charge in [0.05, 0.1) is 22.8 Å². The number of benzene rings is 3. The SMILES string of the molecule is COc1ccc(/C=C2\C(=O)NC(=O)N(c3cccc(C)c3C)C2=O)c(OCc2ccc(Cl)c(Cl)c2)c1. The molecule has 0 aromatic heterocycles. The zero-order valence-electron chi connectivity index (χ0n) is 19.7. The minimum Gasteiger partial charge on any atom is -0.497 e. The van der Waals surface area contributed by atoms with Gasteiger partial charge < -0.3 is 9.47 Å². The summed E-state index contributed by atoms with van der Waals surface area (Å²) in [6.45, 7) is 3.83. The number of carbonyl (C=O) groups excluding carboxylic acids is 3. The highest BCUT2D eigenvalue weighted by Gasteiger charge is 2.37. The van der Waals surface area contributed by atoms with Gasteiger partial charge in [-0.2, -0.15) is 0 Å². The molecule has 1 heterocycles. The van der Waals surface area contributed by atoms with Crippen molar-refractivity contribution in [1.29, 1.82) is 0 Å². The molecule has 0 saturated carbocycles. The molecule has 36 heavy (non-hydrogen) atoms. The van der Waals surface area contributed by atoms with Crippen molar-refractivity contribution in [3.8, 4) is 11.5 Å². The Morgan fingerprint density at radius 3 is 2.47 bits per heavy atom. The van der Waals surface area contributed by atoms with Gasteiger partial charge in [-0.25, -0.2) is 9.69 Å². The Morgan fingerprint density at radius 1 is 0.972 bits per heavy atom. The number of nitrogens with zero attached hydrogens (tertiary/aromatic N) is 1. The molecule has 0 radical (unpaired) electrons. The second kappa shape index (κ2) is 10.4. The molecule has 4 amide bonds. The fraction of sp³-hybridized carbons (Fsp3) is 0.148. The van der Waals surface area contributed by atoms with Crippen LogP contribution in [-0.2, 0) is 16.2 Å². The van der Waals surface area contributed by atoms with E-state index in [1.807, 2.05) is 19.9 Å². The van der Waals surface area contributed by atoms with Gasteiger partial charge >= 0.3 is 6.03 Å². The number of hydrogen-bond acceptors (Lipinski definition) is 5. The van der Waals surface area contributed by atoms with Crippen molar-refractivity contribution >= 4 is 52.8 Å². The van der Waals surface area contributed by atoms with Gasteiger partial charge in [-0.05, 0) is 66.9 Å². The molecule has 1 aliphatic rings. The van der Waals surface area contributed by atoms with Gasteiger partial charge in [0.25, 0.3) is 11.8 Å². The predicted octanol–water partition coefficient (Wildman–Crippen LogP) is 5.86. The smallest absolute Gasteiger partial charge is 0.335 e. The van der Waals surface area contributed by atoms with Crippen LogP contribution in [0.5, 0.6) is 11.5 Å². The number of nitrogens with one attached hydrogen (secondary N) is 1. The molecule has 9 heteroatoms. The third kappa shape index (κ3) is 5.08. The lowest BCUT2D eigenvalue weighted by molar-refractivity contribution is -0.122. The van der Waals surface area contributed by atoms with Crippen LogP contribution in [0.3, 0.4) is 0 Å². The predicted molar refractivity (Wildman–Crippen MR) is 139 cm³/mol. The van der Waals surface area contributed by atoms with E-state index >= 15 is 0 Å². The number of urea groups is 1. The van der Waals surface area contributed by atoms with Crippen molar-refractivity contribution in [2.24, 2.45) is 0 Å². The van der Waals surface area contributed by atoms with Crippen LogP contribution in [0.15, 0.2) is 60.2 Å². The fourth-order valence-corrected chi connectivity index (χ4v) is 4.01. The van der Waals surface area contributed by atoms with Crippen molar-refractivity contribution in [3.63, 3.8) is 0 Å². The van der Waals surface area contributed by atoms with E-state index in [2.05, 4.69) is 5.32 Å². The first-order valence-corrected chi connectivity index (χ1v) is 11.7. The maximum Gasteiger partial charge on any atom is 0.335 e. The summed E-state index contributed by atoms with van der Waals surface area (Å²) in [5, 5.41) is 3.08. The number of amides is 4. The quantitative estimate of drug-likeness (QED) is 0.322. The molecule has 184 valence electrons. The fourth-order valence-electron chi connectivity index (χ4n) is 3.69. The Morgan fingerprint density at radius 2 is 1.75 bits per heavy atom. The summed E-state index contributed by atoms with van der Waals surface area (Å²) in [4.78, 5) is 39.7. The van der Waals surface area contributed by atoms with Gasteiger partial charge in [-0.15, -0.1) is 0 Å². The maximum absolute atomic E-state index is 13.4. The van der Waals surface area contributed by atoms with E-state index in [9.17, 15) is 14.4 Å². The first-order valence-electron chi connectivity index (χ1n) is 10.9. The minimum absolute atomic E-state index is 0.146. The molecule has 0 aliphatic carbocycles. The molecule has 1 aliphatic heterocycles. The van der Waals surface area contributed by atoms with Gasteiger partial charge in [0.15, 0.2) is 0 Å². The largest absolute Gasteiger partial charge is 0.497 e. The summed E-state index contributed by atoms with van der Waals surface area (Å²) in [5.41, 5.74) is 3.07. The normalized spacial score (nSPS) is 14.8. The van der Waals surface area contributed by atoms with E-state index in [0.29, 0.717) is 32.8 Å². The molecule has 0 bridgehead atoms. The number of barbiturate groups is 1. The van der Waals surface area contributed by atoms with Crippen molar-refractivity contribution in [2.75, 3.05) is 12.0 Å². The highest BCUT2D eigenvalue weighted by molar-refractivity contribution is 6.42. The van der Waals surface area contributed by atoms with Gasteiger partial charge in [-0.1, -0.05) is 41.4 Å². The van der Waals surface area contributed by atoms with Crippen LogP contribution >= 0.6 is 23.2 Å². The number of ether oxygens (including phenoxy) is 2. The lowest BCUT2D eigenvalue weighted by Crippen LogP contribution is -2.54. The average molecular weight is 525 g/mol. The van der Waals surface area contributed by atoms with Crippen LogP contribution in [0.1, 0.15) is 22.3 Å². The lowest BCUT2D eigenvalue weighted by atomic mass is 10.0. The van der Waals surface area contributed by atoms with E-state index in [1.165, 1.54) is 13.2 Å². The number of rotatable bonds is 6. The highest BCUT2D eigenvalue weighted by atomic mass is 35.5. The van der Waals surface area contributed by atoms with Crippen LogP contribution in [0.25, 0.3) is 6.08 Å². The summed E-state index contributed by atoms with van der Waals surface area (Å²) < 4.78 is 11.3. The number of methoxy groups -OCH3 is 1. The number of hydrogen-bond donors (Lipinski definition) is 1. The standard InChI is InChI=1S/C27H22Cl2N2O5/c1-15-5-4-6-23(16(15)2)31-26(33)20(25(32)30-27(31)34)12-18-8-9-19(35-3)13-24(18)36-14-17-7-10-21(28)22(29)11-17/h4-13H,14H2,1-3H3,(H,30,32,34)/b20-12+. The Bertz CT molecular complexity index is 1420. The third-order valence-corrected chi connectivity index (χ3v) is 6.56. The summed E-state index contributed by atoms with van der Waals surface area (Å²) in [5.74, 6) is -0.641. The zero-order chi connectivity index (χ0) is 26.0. The number of aryl methyl sites for hydroxylation is 1. The van der Waals surface area contributed by atoms with Crippen LogP contribution < -0.4 is 19.7 Å². The van der Waals surface area contributed by atoms with E-state index in [-0.39, 0.29) is 12.2 Å². The lowest BCUT2D eigenvalue weighted by Gasteiger charge is -2.28. The van der Waals surface area contributed by atoms with E-state index < -0.39 is 17.8 Å². The maximum atomic E-state index is 13.4. The molecule has 0 unspecified atom stereocenters. The van der Waals surface area contributed by atoms with Gasteiger partial charge in [0.2, 0.25) is 0 Å². The monoisotopic (exact) mass is 524 g/mol. The molecule has 4 rings (SSSR count). The average Bonchev–Trinajstić information content (AvgIpc) is 2.85. The van der Waals surface area contributed by atoms with Crippen molar-refractivity contribution < 1.29 is 23.9 Å². The summed E-state index contributed by atoms with van der Waals surface area (Å²) in [6, 6.07) is 14.6. The van der Waals surface area contributed by atoms with E-state index in [0.717, 1.165) is 21.6 Å². The molecule has 7 nitrogen and oxygen atoms in total. The van der Waals surface area contributed by atoms with Gasteiger partial charge in [0.1, 0.15) is 23.7 Å². The Kier molecular flexibility index (Phi) is 7.33. The second-order valence-electron chi connectivity index (χ2n) is 8.12. The van der Waals surface area contributed by atoms with E-state index in [1.54, 1.807) is 48.5 Å². The molecular weight excluding hydrogens is 503 g/mol. The third-order valence-electron chi connectivity index (χ3n) is 5.82. The molecule has 0 atom stereocenters. The van der Waals surface area contributed by atoms with Crippen LogP contribution in [0.2, 0.25) is 10.0 Å². The Hall–Kier alpha value is -3.81. The number of carbonyl (C=O) groups is 3. The topological polar surface area (TPSA) is 84.9 Å². The molecule has 1 N–H and O–H groups in total. The molecule has 1 fully saturated rings. The first kappa shape index (κ1) is 25.3. The van der Waals surface area contributed by atoms with Crippen molar-refractivity contribution in [1.82, 2.24) is 5.32 Å². The summed E-state index contributed by atoms with van der Waals surface area (Å²) in [6.07, 6.45) is 1.39. The summed E-state index contributed by atoms with van der Waals surface area (Å²) >= 11 is 12.1. The van der Waals surface area contributed by atoms with Crippen LogP contribution in [-0.4, -0.2) is 25.0 Å². The van der Waals surface area contributed by atoms with E-state index in [4.69, 9.17) is 32.7 Å². The van der Waals surface area contributed by atoms with Gasteiger partial charge in [-0.3, -0.25) is 14.9 Å². The summed E-state index contributed by atoms with van der Waals surface area (Å²) in [7, 11) is 1.52. The molecular formula is C27H22Cl2N2O5. The molecule has 0 spiro atoms. The van der Waals surface area contributed by atoms with Crippen LogP contribution in [0, 0.1) is 13.8 Å². The minimum atomic E-state index is -0.804. The molecule has 3 aromatic rings. The Labute approximate surface area is 218 Å². The molecule has 3 aromatic carbocycles. The van der Waals surface area contributed by atoms with Crippen molar-refractivity contribution in [3.05, 3.63) is 92.5 Å². The zero-order valence-corrected chi connectivity index (χ0v) is 21.2. The van der Waals surface area contributed by atoms with Crippen LogP contribution in [0.4, 0.5) is 10.5 Å². The van der Waals surface area contributed by atoms with Crippen molar-refractivity contribution in [2.45, 2.75) is 20.5 Å². The number of halogens is 2. The number of imide groups is 2. The highest BCUT2D eigenvalue weighted by Crippen LogP contribution is 2.31. The van der Waals surface area contributed by atoms with Gasteiger partial charge in [0, 0.05) is 11.6 Å². The Balaban J connectivity index is 1.70. The second-order valence-corrected chi connectivity index (χ2v) is 8.93. The molecule has 1 saturated heterocycles. The number of anilines is 1. The first-order chi connectivity index (χ1) is 17.2.